The molecule has 2 aromatic heterocycles. The summed E-state index contributed by atoms with van der Waals surface area (Å²) in [6.07, 6.45) is 4.70. The van der Waals surface area contributed by atoms with Crippen LogP contribution in [0.2, 0.25) is 0 Å². The van der Waals surface area contributed by atoms with Gasteiger partial charge in [-0.1, -0.05) is 24.3 Å². The summed E-state index contributed by atoms with van der Waals surface area (Å²) >= 11 is 1.45. The lowest BCUT2D eigenvalue weighted by atomic mass is 10.0. The first kappa shape index (κ1) is 26.7. The highest BCUT2D eigenvalue weighted by molar-refractivity contribution is 7.13. The van der Waals surface area contributed by atoms with E-state index in [1.165, 1.54) is 18.3 Å². The molecule has 9 nitrogen and oxygen atoms in total. The summed E-state index contributed by atoms with van der Waals surface area (Å²) in [7, 11) is 0. The second-order valence-electron chi connectivity index (χ2n) is 10.1. The van der Waals surface area contributed by atoms with Gasteiger partial charge in [-0.3, -0.25) is 14.5 Å². The van der Waals surface area contributed by atoms with Gasteiger partial charge in [0, 0.05) is 69.4 Å². The highest BCUT2D eigenvalue weighted by atomic mass is 32.1. The Morgan fingerprint density at radius 3 is 2.49 bits per heavy atom. The topological polar surface area (TPSA) is 101 Å². The average Bonchev–Trinajstić information content (AvgIpc) is 3.28. The van der Waals surface area contributed by atoms with Crippen molar-refractivity contribution in [3.8, 4) is 11.1 Å². The van der Waals surface area contributed by atoms with Crippen LogP contribution in [0.5, 0.6) is 0 Å². The van der Waals surface area contributed by atoms with E-state index in [-0.39, 0.29) is 11.9 Å². The van der Waals surface area contributed by atoms with Crippen molar-refractivity contribution in [2.24, 2.45) is 0 Å². The molecule has 0 saturated carbocycles. The van der Waals surface area contributed by atoms with Crippen molar-refractivity contribution in [2.75, 3.05) is 36.4 Å². The summed E-state index contributed by atoms with van der Waals surface area (Å²) in [6, 6.07) is 8.13. The number of anilines is 2. The molecule has 3 aromatic rings. The Labute approximate surface area is 221 Å². The van der Waals surface area contributed by atoms with Crippen LogP contribution < -0.4 is 10.2 Å². The fourth-order valence-corrected chi connectivity index (χ4v) is 4.85. The summed E-state index contributed by atoms with van der Waals surface area (Å²) in [5, 5.41) is 5.37. The van der Waals surface area contributed by atoms with E-state index in [0.29, 0.717) is 18.0 Å². The lowest BCUT2D eigenvalue weighted by Crippen LogP contribution is -2.46. The molecule has 1 N–H and O–H groups in total. The zero-order valence-electron chi connectivity index (χ0n) is 21.9. The summed E-state index contributed by atoms with van der Waals surface area (Å²) < 4.78 is 5.41. The average molecular weight is 523 g/mol. The molecule has 0 bridgehead atoms. The number of rotatable bonds is 8. The van der Waals surface area contributed by atoms with Gasteiger partial charge in [-0.15, -0.1) is 11.3 Å². The molecule has 1 aromatic carbocycles. The van der Waals surface area contributed by atoms with Gasteiger partial charge < -0.3 is 15.0 Å². The van der Waals surface area contributed by atoms with Gasteiger partial charge in [0.15, 0.2) is 5.13 Å². The monoisotopic (exact) mass is 522 g/mol. The largest absolute Gasteiger partial charge is 0.460 e. The van der Waals surface area contributed by atoms with Crippen LogP contribution in [-0.2, 0) is 27.3 Å². The minimum absolute atomic E-state index is 0.105. The number of hydrogen-bond donors (Lipinski definition) is 1. The van der Waals surface area contributed by atoms with Crippen LogP contribution in [0.15, 0.2) is 42.0 Å². The number of ether oxygens (including phenoxy) is 1. The minimum atomic E-state index is -0.468. The van der Waals surface area contributed by atoms with Gasteiger partial charge in [-0.2, -0.15) is 0 Å². The molecule has 3 heterocycles. The molecule has 0 aliphatic carbocycles. The molecule has 1 amide bonds. The summed E-state index contributed by atoms with van der Waals surface area (Å²) in [5.74, 6) is 0.435. The number of aromatic nitrogens is 3. The van der Waals surface area contributed by atoms with E-state index in [2.05, 4.69) is 36.1 Å². The first-order valence-electron chi connectivity index (χ1n) is 12.5. The molecule has 37 heavy (non-hydrogen) atoms. The first-order valence-corrected chi connectivity index (χ1v) is 13.3. The molecule has 1 aliphatic heterocycles. The third kappa shape index (κ3) is 8.06. The minimum Gasteiger partial charge on any atom is -0.460 e. The van der Waals surface area contributed by atoms with Crippen LogP contribution in [0.1, 0.15) is 45.4 Å². The van der Waals surface area contributed by atoms with Crippen molar-refractivity contribution in [2.45, 2.75) is 52.7 Å². The number of nitrogens with one attached hydrogen (secondary N) is 1. The Kier molecular flexibility index (Phi) is 8.50. The molecule has 0 radical (unpaired) electrons. The normalized spacial score (nSPS) is 14.4. The van der Waals surface area contributed by atoms with E-state index in [9.17, 15) is 9.59 Å². The molecular formula is C27H34N6O3S. The van der Waals surface area contributed by atoms with E-state index in [1.54, 1.807) is 0 Å². The number of thiazole rings is 1. The number of carbonyl (C=O) groups excluding carboxylic acids is 2. The highest BCUT2D eigenvalue weighted by Gasteiger charge is 2.20. The number of benzene rings is 1. The zero-order valence-corrected chi connectivity index (χ0v) is 22.7. The van der Waals surface area contributed by atoms with E-state index in [1.807, 2.05) is 56.7 Å². The smallest absolute Gasteiger partial charge is 0.306 e. The number of carbonyl (C=O) groups is 2. The van der Waals surface area contributed by atoms with Crippen molar-refractivity contribution in [1.82, 2.24) is 19.9 Å². The number of nitrogens with zero attached hydrogens (tertiary/aromatic N) is 5. The number of aryl methyl sites for hydroxylation is 1. The molecule has 0 spiro atoms. The predicted octanol–water partition coefficient (Wildman–Crippen LogP) is 4.16. The van der Waals surface area contributed by atoms with Crippen LogP contribution >= 0.6 is 11.3 Å². The number of piperazine rings is 1. The van der Waals surface area contributed by atoms with Gasteiger partial charge in [0.25, 0.3) is 0 Å². The third-order valence-corrected chi connectivity index (χ3v) is 6.62. The molecule has 0 atom stereocenters. The van der Waals surface area contributed by atoms with Crippen LogP contribution in [0.4, 0.5) is 11.1 Å². The summed E-state index contributed by atoms with van der Waals surface area (Å²) in [5.41, 5.74) is 3.55. The number of amides is 1. The van der Waals surface area contributed by atoms with E-state index >= 15 is 0 Å². The Bertz CT molecular complexity index is 1210. The molecule has 0 unspecified atom stereocenters. The second-order valence-corrected chi connectivity index (χ2v) is 11.0. The van der Waals surface area contributed by atoms with Crippen LogP contribution in [-0.4, -0.2) is 63.5 Å². The molecule has 1 aliphatic rings. The third-order valence-electron chi connectivity index (χ3n) is 5.81. The lowest BCUT2D eigenvalue weighted by molar-refractivity contribution is -0.154. The molecule has 4 rings (SSSR count). The quantitative estimate of drug-likeness (QED) is 0.440. The maximum atomic E-state index is 12.1. The van der Waals surface area contributed by atoms with Crippen LogP contribution in [0.25, 0.3) is 11.1 Å². The summed E-state index contributed by atoms with van der Waals surface area (Å²) in [4.78, 5) is 41.6. The molecule has 1 fully saturated rings. The van der Waals surface area contributed by atoms with E-state index < -0.39 is 5.60 Å². The summed E-state index contributed by atoms with van der Waals surface area (Å²) in [6.45, 7) is 11.3. The van der Waals surface area contributed by atoms with Crippen molar-refractivity contribution >= 4 is 34.3 Å². The predicted molar refractivity (Wildman–Crippen MR) is 146 cm³/mol. The molecule has 10 heteroatoms. The van der Waals surface area contributed by atoms with Gasteiger partial charge in [0.1, 0.15) is 5.60 Å². The Hall–Kier alpha value is -3.37. The fraction of sp³-hybridized carbons (Fsp3) is 0.444. The molecule has 1 saturated heterocycles. The van der Waals surface area contributed by atoms with Gasteiger partial charge in [0.2, 0.25) is 11.9 Å². The van der Waals surface area contributed by atoms with Gasteiger partial charge in [-0.25, -0.2) is 15.0 Å². The SMILES string of the molecule is CC(=O)Nc1nc(CN2CCN(c3ncc(-c4cccc(CCC(=O)OC(C)(C)C)c4)cn3)CC2)cs1. The van der Waals surface area contributed by atoms with Crippen molar-refractivity contribution in [3.05, 3.63) is 53.3 Å². The Balaban J connectivity index is 1.29. The molecular weight excluding hydrogens is 488 g/mol. The van der Waals surface area contributed by atoms with Crippen LogP contribution in [0.3, 0.4) is 0 Å². The van der Waals surface area contributed by atoms with Crippen molar-refractivity contribution in [3.63, 3.8) is 0 Å². The maximum Gasteiger partial charge on any atom is 0.306 e. The fourth-order valence-electron chi connectivity index (χ4n) is 4.10. The van der Waals surface area contributed by atoms with Gasteiger partial charge in [-0.05, 0) is 38.3 Å². The van der Waals surface area contributed by atoms with Gasteiger partial charge in [0.05, 0.1) is 5.69 Å². The maximum absolute atomic E-state index is 12.1. The number of hydrogen-bond acceptors (Lipinski definition) is 9. The van der Waals surface area contributed by atoms with E-state index in [0.717, 1.165) is 61.1 Å². The second kappa shape index (κ2) is 11.8. The number of esters is 1. The first-order chi connectivity index (χ1) is 17.6. The van der Waals surface area contributed by atoms with Crippen LogP contribution in [0, 0.1) is 0 Å². The lowest BCUT2D eigenvalue weighted by Gasteiger charge is -2.34. The van der Waals surface area contributed by atoms with Crippen molar-refractivity contribution in [1.29, 1.82) is 0 Å². The molecule has 196 valence electrons. The zero-order chi connectivity index (χ0) is 26.4. The van der Waals surface area contributed by atoms with Gasteiger partial charge >= 0.3 is 5.97 Å². The Morgan fingerprint density at radius 1 is 1.08 bits per heavy atom. The standard InChI is InChI=1S/C27H34N6O3S/c1-19(34)30-26-31-23(18-37-26)17-32-10-12-33(13-11-32)25-28-15-22(16-29-25)21-7-5-6-20(14-21)8-9-24(35)36-27(2,3)4/h5-7,14-16,18H,8-13,17H2,1-4H3,(H,30,31,34). The Morgan fingerprint density at radius 2 is 1.81 bits per heavy atom. The van der Waals surface area contributed by atoms with Crippen molar-refractivity contribution < 1.29 is 14.3 Å². The van der Waals surface area contributed by atoms with E-state index in [4.69, 9.17) is 4.74 Å². The highest BCUT2D eigenvalue weighted by Crippen LogP contribution is 2.22.